The van der Waals surface area contributed by atoms with Gasteiger partial charge in [0.15, 0.2) is 11.3 Å². The van der Waals surface area contributed by atoms with E-state index in [9.17, 15) is 9.59 Å². The topological polar surface area (TPSA) is 121 Å². The van der Waals surface area contributed by atoms with Crippen molar-refractivity contribution < 1.29 is 14.7 Å². The molecule has 0 bridgehead atoms. The van der Waals surface area contributed by atoms with E-state index in [-0.39, 0.29) is 30.0 Å². The van der Waals surface area contributed by atoms with Crippen LogP contribution in [0.3, 0.4) is 0 Å². The molecule has 1 aromatic heterocycles. The molecule has 1 saturated heterocycles. The van der Waals surface area contributed by atoms with Crippen molar-refractivity contribution in [2.24, 2.45) is 10.9 Å². The third-order valence-corrected chi connectivity index (χ3v) is 3.09. The fourth-order valence-corrected chi connectivity index (χ4v) is 1.99. The summed E-state index contributed by atoms with van der Waals surface area (Å²) in [6, 6.07) is 1.37. The standard InChI is InChI=1S/C12H16N4O4/c1-7-4-9(17)8(5-14-7)12(18)16-2-3-20-10(6-16)11(13)15-19/h4-5,10,19H,2-3,6H2,1H3,(H2,13,15)(H,14,17). The molecule has 2 heterocycles. The largest absolute Gasteiger partial charge is 0.409 e. The lowest BCUT2D eigenvalue weighted by atomic mass is 10.2. The van der Waals surface area contributed by atoms with Crippen LogP contribution in [0.15, 0.2) is 22.2 Å². The summed E-state index contributed by atoms with van der Waals surface area (Å²) in [6.45, 7) is 2.48. The van der Waals surface area contributed by atoms with Gasteiger partial charge in [0.2, 0.25) is 0 Å². The quantitative estimate of drug-likeness (QED) is 0.285. The summed E-state index contributed by atoms with van der Waals surface area (Å²) in [5, 5.41) is 11.5. The van der Waals surface area contributed by atoms with Crippen LogP contribution in [-0.2, 0) is 4.74 Å². The molecule has 108 valence electrons. The number of aromatic nitrogens is 1. The van der Waals surface area contributed by atoms with Crippen molar-refractivity contribution in [3.63, 3.8) is 0 Å². The van der Waals surface area contributed by atoms with E-state index in [0.717, 1.165) is 0 Å². The van der Waals surface area contributed by atoms with Gasteiger partial charge in [-0.3, -0.25) is 9.59 Å². The Morgan fingerprint density at radius 3 is 3.05 bits per heavy atom. The molecule has 4 N–H and O–H groups in total. The van der Waals surface area contributed by atoms with Crippen LogP contribution in [-0.4, -0.2) is 52.6 Å². The Bertz CT molecular complexity index is 595. The number of pyridine rings is 1. The van der Waals surface area contributed by atoms with Crippen LogP contribution in [0.2, 0.25) is 0 Å². The number of nitrogens with one attached hydrogen (secondary N) is 1. The van der Waals surface area contributed by atoms with Crippen LogP contribution in [0.1, 0.15) is 16.1 Å². The Hall–Kier alpha value is -2.35. The van der Waals surface area contributed by atoms with Crippen LogP contribution in [0.5, 0.6) is 0 Å². The van der Waals surface area contributed by atoms with Crippen LogP contribution in [0.25, 0.3) is 0 Å². The maximum atomic E-state index is 12.3. The molecule has 0 spiro atoms. The van der Waals surface area contributed by atoms with E-state index >= 15 is 0 Å². The first kappa shape index (κ1) is 14.1. The second kappa shape index (κ2) is 5.74. The molecule has 0 aromatic carbocycles. The highest BCUT2D eigenvalue weighted by Crippen LogP contribution is 2.09. The van der Waals surface area contributed by atoms with Crippen molar-refractivity contribution in [3.05, 3.63) is 33.7 Å². The zero-order valence-electron chi connectivity index (χ0n) is 11.0. The van der Waals surface area contributed by atoms with Crippen molar-refractivity contribution in [2.45, 2.75) is 13.0 Å². The highest BCUT2D eigenvalue weighted by molar-refractivity contribution is 5.94. The predicted octanol–water partition coefficient (Wildman–Crippen LogP) is -0.729. The van der Waals surface area contributed by atoms with Gasteiger partial charge < -0.3 is 25.6 Å². The minimum absolute atomic E-state index is 0.0655. The number of oxime groups is 1. The molecule has 0 saturated carbocycles. The number of nitrogens with zero attached hydrogens (tertiary/aromatic N) is 2. The molecule has 8 nitrogen and oxygen atoms in total. The molecule has 0 aliphatic carbocycles. The Kier molecular flexibility index (Phi) is 4.04. The Balaban J connectivity index is 2.18. The van der Waals surface area contributed by atoms with Gasteiger partial charge in [0.25, 0.3) is 5.91 Å². The number of H-pyrrole nitrogens is 1. The van der Waals surface area contributed by atoms with Crippen LogP contribution in [0.4, 0.5) is 0 Å². The lowest BCUT2D eigenvalue weighted by Gasteiger charge is -2.32. The first-order chi connectivity index (χ1) is 9.52. The number of carbonyl (C=O) groups excluding carboxylic acids is 1. The molecular formula is C12H16N4O4. The molecule has 8 heteroatoms. The first-order valence-corrected chi connectivity index (χ1v) is 6.10. The molecule has 1 amide bonds. The van der Waals surface area contributed by atoms with Crippen LogP contribution >= 0.6 is 0 Å². The zero-order valence-corrected chi connectivity index (χ0v) is 11.0. The Morgan fingerprint density at radius 2 is 2.40 bits per heavy atom. The number of aryl methyl sites for hydroxylation is 1. The van der Waals surface area contributed by atoms with E-state index in [0.29, 0.717) is 12.2 Å². The monoisotopic (exact) mass is 280 g/mol. The van der Waals surface area contributed by atoms with E-state index in [4.69, 9.17) is 15.7 Å². The molecule has 1 aromatic rings. The lowest BCUT2D eigenvalue weighted by Crippen LogP contribution is -2.51. The number of carbonyl (C=O) groups is 1. The van der Waals surface area contributed by atoms with Crippen LogP contribution < -0.4 is 11.2 Å². The average Bonchev–Trinajstić information content (AvgIpc) is 2.46. The molecule has 1 unspecified atom stereocenters. The zero-order chi connectivity index (χ0) is 14.7. The molecular weight excluding hydrogens is 264 g/mol. The third-order valence-electron chi connectivity index (χ3n) is 3.09. The van der Waals surface area contributed by atoms with E-state index in [1.54, 1.807) is 6.92 Å². The summed E-state index contributed by atoms with van der Waals surface area (Å²) < 4.78 is 5.30. The number of hydrogen-bond donors (Lipinski definition) is 3. The van der Waals surface area contributed by atoms with Crippen molar-refractivity contribution in [1.29, 1.82) is 0 Å². The van der Waals surface area contributed by atoms with E-state index in [1.165, 1.54) is 17.2 Å². The number of aromatic amines is 1. The average molecular weight is 280 g/mol. The molecule has 20 heavy (non-hydrogen) atoms. The second-order valence-corrected chi connectivity index (χ2v) is 4.53. The van der Waals surface area contributed by atoms with Gasteiger partial charge in [-0.25, -0.2) is 0 Å². The van der Waals surface area contributed by atoms with Crippen molar-refractivity contribution >= 4 is 11.7 Å². The highest BCUT2D eigenvalue weighted by atomic mass is 16.5. The normalized spacial score (nSPS) is 19.9. The smallest absolute Gasteiger partial charge is 0.259 e. The summed E-state index contributed by atoms with van der Waals surface area (Å²) >= 11 is 0. The summed E-state index contributed by atoms with van der Waals surface area (Å²) in [5.74, 6) is -0.495. The fourth-order valence-electron chi connectivity index (χ4n) is 1.99. The van der Waals surface area contributed by atoms with Gasteiger partial charge in [-0.2, -0.15) is 0 Å². The van der Waals surface area contributed by atoms with Gasteiger partial charge in [0.05, 0.1) is 13.2 Å². The molecule has 2 rings (SSSR count). The van der Waals surface area contributed by atoms with Crippen molar-refractivity contribution in [1.82, 2.24) is 9.88 Å². The number of amides is 1. The Labute approximate surface area is 114 Å². The van der Waals surface area contributed by atoms with E-state index in [1.807, 2.05) is 0 Å². The van der Waals surface area contributed by atoms with E-state index in [2.05, 4.69) is 10.1 Å². The van der Waals surface area contributed by atoms with Crippen LogP contribution in [0, 0.1) is 6.92 Å². The summed E-state index contributed by atoms with van der Waals surface area (Å²) in [4.78, 5) is 28.4. The number of ether oxygens (including phenoxy) is 1. The molecule has 1 aliphatic rings. The minimum atomic E-state index is -0.665. The maximum Gasteiger partial charge on any atom is 0.259 e. The van der Waals surface area contributed by atoms with E-state index < -0.39 is 12.0 Å². The van der Waals surface area contributed by atoms with Gasteiger partial charge in [0, 0.05) is 24.5 Å². The SMILES string of the molecule is Cc1cc(=O)c(C(=O)N2CCOC(C(N)=NO)C2)c[nH]1. The van der Waals surface area contributed by atoms with Gasteiger partial charge in [0.1, 0.15) is 11.7 Å². The molecule has 1 fully saturated rings. The molecule has 1 atom stereocenters. The number of morpholine rings is 1. The number of amidine groups is 1. The van der Waals surface area contributed by atoms with Gasteiger partial charge >= 0.3 is 0 Å². The predicted molar refractivity (Wildman–Crippen MR) is 70.9 cm³/mol. The van der Waals surface area contributed by atoms with Gasteiger partial charge in [-0.1, -0.05) is 5.16 Å². The molecule has 1 aliphatic heterocycles. The summed E-state index contributed by atoms with van der Waals surface area (Å²) in [5.41, 5.74) is 5.88. The number of rotatable bonds is 2. The number of hydrogen-bond acceptors (Lipinski definition) is 5. The Morgan fingerprint density at radius 1 is 1.65 bits per heavy atom. The molecule has 0 radical (unpaired) electrons. The van der Waals surface area contributed by atoms with Crippen molar-refractivity contribution in [3.8, 4) is 0 Å². The lowest BCUT2D eigenvalue weighted by molar-refractivity contribution is 0.00667. The minimum Gasteiger partial charge on any atom is -0.409 e. The third kappa shape index (κ3) is 2.80. The fraction of sp³-hybridized carbons (Fsp3) is 0.417. The second-order valence-electron chi connectivity index (χ2n) is 4.53. The maximum absolute atomic E-state index is 12.3. The first-order valence-electron chi connectivity index (χ1n) is 6.10. The number of nitrogens with two attached hydrogens (primary N) is 1. The van der Waals surface area contributed by atoms with Crippen molar-refractivity contribution in [2.75, 3.05) is 19.7 Å². The van der Waals surface area contributed by atoms with Gasteiger partial charge in [-0.05, 0) is 6.92 Å². The summed E-state index contributed by atoms with van der Waals surface area (Å²) in [7, 11) is 0. The van der Waals surface area contributed by atoms with Gasteiger partial charge in [-0.15, -0.1) is 0 Å². The summed E-state index contributed by atoms with van der Waals surface area (Å²) in [6.07, 6.45) is 0.732. The highest BCUT2D eigenvalue weighted by Gasteiger charge is 2.28.